The molecule has 1 aromatic carbocycles. The van der Waals surface area contributed by atoms with E-state index >= 15 is 0 Å². The molecule has 100 valence electrons. The summed E-state index contributed by atoms with van der Waals surface area (Å²) < 4.78 is 22.9. The smallest absolute Gasteiger partial charge is 0.319 e. The number of benzene rings is 1. The fourth-order valence-electron chi connectivity index (χ4n) is 1.51. The highest BCUT2D eigenvalue weighted by Gasteiger charge is 2.11. The number of carbonyl (C=O) groups is 1. The Balaban J connectivity index is 2.61. The van der Waals surface area contributed by atoms with Gasteiger partial charge in [0.05, 0.1) is 20.3 Å². The Morgan fingerprint density at radius 2 is 2.22 bits per heavy atom. The summed E-state index contributed by atoms with van der Waals surface area (Å²) in [5.74, 6) is -0.519. The molecule has 0 aliphatic rings. The zero-order valence-electron chi connectivity index (χ0n) is 10.8. The van der Waals surface area contributed by atoms with Crippen LogP contribution in [0.2, 0.25) is 0 Å². The van der Waals surface area contributed by atoms with Gasteiger partial charge >= 0.3 is 5.97 Å². The van der Waals surface area contributed by atoms with E-state index in [0.29, 0.717) is 6.61 Å². The van der Waals surface area contributed by atoms with Crippen molar-refractivity contribution in [1.29, 1.82) is 0 Å². The minimum atomic E-state index is -0.404. The standard InChI is InChI=1S/C13H18FNO3/c1-4-18-13(16)8-15-9(2)10-5-6-11(14)12(7-10)17-3/h5-7,9,15H,4,8H2,1-3H3. The highest BCUT2D eigenvalue weighted by atomic mass is 19.1. The lowest BCUT2D eigenvalue weighted by Gasteiger charge is -2.14. The predicted octanol–water partition coefficient (Wildman–Crippen LogP) is 2.05. The zero-order chi connectivity index (χ0) is 13.5. The molecule has 0 aromatic heterocycles. The number of hydrogen-bond acceptors (Lipinski definition) is 4. The SMILES string of the molecule is CCOC(=O)CNC(C)c1ccc(F)c(OC)c1. The minimum absolute atomic E-state index is 0.0936. The van der Waals surface area contributed by atoms with Crippen molar-refractivity contribution >= 4 is 5.97 Å². The largest absolute Gasteiger partial charge is 0.494 e. The Morgan fingerprint density at radius 3 is 2.83 bits per heavy atom. The van der Waals surface area contributed by atoms with E-state index in [9.17, 15) is 9.18 Å². The van der Waals surface area contributed by atoms with E-state index < -0.39 is 5.82 Å². The Labute approximate surface area is 106 Å². The molecule has 4 nitrogen and oxygen atoms in total. The molecule has 1 N–H and O–H groups in total. The van der Waals surface area contributed by atoms with Gasteiger partial charge in [-0.1, -0.05) is 6.07 Å². The van der Waals surface area contributed by atoms with E-state index in [1.165, 1.54) is 13.2 Å². The molecule has 0 aliphatic heterocycles. The van der Waals surface area contributed by atoms with E-state index in [1.54, 1.807) is 19.1 Å². The molecule has 18 heavy (non-hydrogen) atoms. The quantitative estimate of drug-likeness (QED) is 0.790. The number of carbonyl (C=O) groups excluding carboxylic acids is 1. The highest BCUT2D eigenvalue weighted by molar-refractivity contribution is 5.71. The van der Waals surface area contributed by atoms with Gasteiger partial charge in [-0.2, -0.15) is 0 Å². The van der Waals surface area contributed by atoms with Crippen molar-refractivity contribution in [2.75, 3.05) is 20.3 Å². The van der Waals surface area contributed by atoms with Gasteiger partial charge in [-0.05, 0) is 31.5 Å². The molecule has 0 spiro atoms. The summed E-state index contributed by atoms with van der Waals surface area (Å²) in [5.41, 5.74) is 0.845. The summed E-state index contributed by atoms with van der Waals surface area (Å²) in [5, 5.41) is 3.00. The van der Waals surface area contributed by atoms with Crippen molar-refractivity contribution in [1.82, 2.24) is 5.32 Å². The van der Waals surface area contributed by atoms with Crippen LogP contribution < -0.4 is 10.1 Å². The van der Waals surface area contributed by atoms with Gasteiger partial charge in [-0.3, -0.25) is 4.79 Å². The second-order valence-electron chi connectivity index (χ2n) is 3.80. The van der Waals surface area contributed by atoms with Gasteiger partial charge in [0.2, 0.25) is 0 Å². The van der Waals surface area contributed by atoms with Crippen LogP contribution >= 0.6 is 0 Å². The molecule has 0 aliphatic carbocycles. The lowest BCUT2D eigenvalue weighted by atomic mass is 10.1. The number of hydrogen-bond donors (Lipinski definition) is 1. The first-order valence-electron chi connectivity index (χ1n) is 5.81. The Bertz CT molecular complexity index is 409. The maximum absolute atomic E-state index is 13.2. The highest BCUT2D eigenvalue weighted by Crippen LogP contribution is 2.22. The Kier molecular flexibility index (Phi) is 5.58. The molecule has 1 aromatic rings. The second kappa shape index (κ2) is 6.96. The molecule has 0 amide bonds. The van der Waals surface area contributed by atoms with Crippen LogP contribution in [-0.2, 0) is 9.53 Å². The maximum atomic E-state index is 13.2. The van der Waals surface area contributed by atoms with E-state index in [0.717, 1.165) is 5.56 Å². The third-order valence-electron chi connectivity index (χ3n) is 2.53. The summed E-state index contributed by atoms with van der Waals surface area (Å²) in [6.07, 6.45) is 0. The molecule has 1 unspecified atom stereocenters. The molecule has 1 atom stereocenters. The van der Waals surface area contributed by atoms with E-state index in [-0.39, 0.29) is 24.3 Å². The molecule has 0 radical (unpaired) electrons. The van der Waals surface area contributed by atoms with Crippen LogP contribution in [0.5, 0.6) is 5.75 Å². The van der Waals surface area contributed by atoms with Crippen molar-refractivity contribution in [2.24, 2.45) is 0 Å². The van der Waals surface area contributed by atoms with Crippen molar-refractivity contribution < 1.29 is 18.7 Å². The van der Waals surface area contributed by atoms with Crippen LogP contribution in [0.1, 0.15) is 25.5 Å². The molecule has 0 saturated heterocycles. The average molecular weight is 255 g/mol. The molecule has 0 bridgehead atoms. The monoisotopic (exact) mass is 255 g/mol. The van der Waals surface area contributed by atoms with E-state index in [2.05, 4.69) is 5.32 Å². The van der Waals surface area contributed by atoms with Gasteiger partial charge in [0.15, 0.2) is 11.6 Å². The molecule has 5 heteroatoms. The van der Waals surface area contributed by atoms with Gasteiger partial charge in [-0.25, -0.2) is 4.39 Å². The van der Waals surface area contributed by atoms with Crippen LogP contribution in [0.4, 0.5) is 4.39 Å². The Morgan fingerprint density at radius 1 is 1.50 bits per heavy atom. The van der Waals surface area contributed by atoms with Gasteiger partial charge in [0.1, 0.15) is 0 Å². The second-order valence-corrected chi connectivity index (χ2v) is 3.80. The van der Waals surface area contributed by atoms with Crippen LogP contribution in [0.25, 0.3) is 0 Å². The summed E-state index contributed by atoms with van der Waals surface area (Å²) in [7, 11) is 1.42. The average Bonchev–Trinajstić information content (AvgIpc) is 2.37. The third kappa shape index (κ3) is 4.00. The lowest BCUT2D eigenvalue weighted by molar-refractivity contribution is -0.142. The Hall–Kier alpha value is -1.62. The van der Waals surface area contributed by atoms with Gasteiger partial charge < -0.3 is 14.8 Å². The number of methoxy groups -OCH3 is 1. The van der Waals surface area contributed by atoms with Crippen LogP contribution in [-0.4, -0.2) is 26.2 Å². The third-order valence-corrected chi connectivity index (χ3v) is 2.53. The van der Waals surface area contributed by atoms with Gasteiger partial charge in [0.25, 0.3) is 0 Å². The first kappa shape index (κ1) is 14.4. The number of halogens is 1. The van der Waals surface area contributed by atoms with Crippen LogP contribution in [0.15, 0.2) is 18.2 Å². The minimum Gasteiger partial charge on any atom is -0.494 e. The van der Waals surface area contributed by atoms with Crippen LogP contribution in [0, 0.1) is 5.82 Å². The summed E-state index contributed by atoms with van der Waals surface area (Å²) in [6, 6.07) is 4.51. The fourth-order valence-corrected chi connectivity index (χ4v) is 1.51. The first-order valence-corrected chi connectivity index (χ1v) is 5.81. The topological polar surface area (TPSA) is 47.6 Å². The lowest BCUT2D eigenvalue weighted by Crippen LogP contribution is -2.27. The molecule has 0 heterocycles. The van der Waals surface area contributed by atoms with E-state index in [4.69, 9.17) is 9.47 Å². The van der Waals surface area contributed by atoms with Crippen molar-refractivity contribution in [2.45, 2.75) is 19.9 Å². The van der Waals surface area contributed by atoms with Crippen molar-refractivity contribution in [3.63, 3.8) is 0 Å². The number of nitrogens with one attached hydrogen (secondary N) is 1. The normalized spacial score (nSPS) is 12.0. The van der Waals surface area contributed by atoms with Crippen molar-refractivity contribution in [3.05, 3.63) is 29.6 Å². The number of rotatable bonds is 6. The number of ether oxygens (including phenoxy) is 2. The van der Waals surface area contributed by atoms with Gasteiger partial charge in [0, 0.05) is 6.04 Å². The molecular weight excluding hydrogens is 237 g/mol. The van der Waals surface area contributed by atoms with E-state index in [1.807, 2.05) is 6.92 Å². The fraction of sp³-hybridized carbons (Fsp3) is 0.462. The summed E-state index contributed by atoms with van der Waals surface area (Å²) in [4.78, 5) is 11.2. The molecule has 1 rings (SSSR count). The summed E-state index contributed by atoms with van der Waals surface area (Å²) >= 11 is 0. The number of esters is 1. The van der Waals surface area contributed by atoms with Crippen molar-refractivity contribution in [3.8, 4) is 5.75 Å². The van der Waals surface area contributed by atoms with Gasteiger partial charge in [-0.15, -0.1) is 0 Å². The predicted molar refractivity (Wildman–Crippen MR) is 66.0 cm³/mol. The molecule has 0 saturated carbocycles. The maximum Gasteiger partial charge on any atom is 0.319 e. The molecule has 0 fully saturated rings. The molecular formula is C13H18FNO3. The first-order chi connectivity index (χ1) is 8.58. The van der Waals surface area contributed by atoms with Crippen LogP contribution in [0.3, 0.4) is 0 Å². The zero-order valence-corrected chi connectivity index (χ0v) is 10.8. The summed E-state index contributed by atoms with van der Waals surface area (Å²) in [6.45, 7) is 4.12.